The lowest BCUT2D eigenvalue weighted by atomic mass is 10.2. The molecule has 1 aromatic heterocycles. The molecule has 1 N–H and O–H groups in total. The number of ether oxygens (including phenoxy) is 2. The SMILES string of the molecule is COc1cccc(C=Nn2c(C(C)C)nc3ccc(Br)cc3c2=O)c1OCC(=O)Nc1ccccc1. The van der Waals surface area contributed by atoms with Crippen LogP contribution in [0.15, 0.2) is 81.1 Å². The number of fused-ring (bicyclic) bond motifs is 1. The van der Waals surface area contributed by atoms with Crippen molar-refractivity contribution in [2.24, 2.45) is 5.10 Å². The quantitative estimate of drug-likeness (QED) is 0.306. The molecule has 0 spiro atoms. The van der Waals surface area contributed by atoms with Crippen molar-refractivity contribution in [1.82, 2.24) is 9.66 Å². The van der Waals surface area contributed by atoms with E-state index in [9.17, 15) is 9.59 Å². The first kappa shape index (κ1) is 25.1. The average Bonchev–Trinajstić information content (AvgIpc) is 2.87. The molecule has 4 aromatic rings. The normalized spacial score (nSPS) is 11.2. The fourth-order valence-corrected chi connectivity index (χ4v) is 3.94. The van der Waals surface area contributed by atoms with Gasteiger partial charge in [0, 0.05) is 21.6 Å². The van der Waals surface area contributed by atoms with Gasteiger partial charge in [0.1, 0.15) is 5.82 Å². The van der Waals surface area contributed by atoms with Gasteiger partial charge >= 0.3 is 0 Å². The summed E-state index contributed by atoms with van der Waals surface area (Å²) in [6.07, 6.45) is 1.51. The van der Waals surface area contributed by atoms with Crippen LogP contribution < -0.4 is 20.3 Å². The third-order valence-corrected chi connectivity index (χ3v) is 5.79. The number of aromatic nitrogens is 2. The van der Waals surface area contributed by atoms with Crippen molar-refractivity contribution in [3.8, 4) is 11.5 Å². The minimum atomic E-state index is -0.322. The zero-order chi connectivity index (χ0) is 25.7. The summed E-state index contributed by atoms with van der Waals surface area (Å²) in [5.74, 6) is 0.924. The van der Waals surface area contributed by atoms with E-state index in [1.807, 2.05) is 38.1 Å². The highest BCUT2D eigenvalue weighted by molar-refractivity contribution is 9.10. The molecule has 8 nitrogen and oxygen atoms in total. The fraction of sp³-hybridized carbons (Fsp3) is 0.185. The van der Waals surface area contributed by atoms with Crippen LogP contribution in [-0.4, -0.2) is 35.5 Å². The van der Waals surface area contributed by atoms with Crippen molar-refractivity contribution in [3.05, 3.63) is 92.9 Å². The van der Waals surface area contributed by atoms with E-state index in [1.54, 1.807) is 42.5 Å². The molecule has 36 heavy (non-hydrogen) atoms. The van der Waals surface area contributed by atoms with Crippen LogP contribution in [0.25, 0.3) is 10.9 Å². The number of nitrogens with zero attached hydrogens (tertiary/aromatic N) is 3. The van der Waals surface area contributed by atoms with Crippen LogP contribution in [0.5, 0.6) is 11.5 Å². The predicted octanol–water partition coefficient (Wildman–Crippen LogP) is 5.19. The molecule has 184 valence electrons. The Balaban J connectivity index is 1.67. The molecular formula is C27H25BrN4O4. The Labute approximate surface area is 216 Å². The number of amides is 1. The number of halogens is 1. The number of anilines is 1. The van der Waals surface area contributed by atoms with Crippen molar-refractivity contribution in [1.29, 1.82) is 0 Å². The Morgan fingerprint density at radius 1 is 1.14 bits per heavy atom. The van der Waals surface area contributed by atoms with Gasteiger partial charge in [-0.15, -0.1) is 0 Å². The number of rotatable bonds is 8. The van der Waals surface area contributed by atoms with Gasteiger partial charge in [-0.1, -0.05) is 54.0 Å². The van der Waals surface area contributed by atoms with Crippen molar-refractivity contribution in [2.75, 3.05) is 19.0 Å². The van der Waals surface area contributed by atoms with Crippen LogP contribution >= 0.6 is 15.9 Å². The third kappa shape index (κ3) is 5.63. The topological polar surface area (TPSA) is 94.8 Å². The summed E-state index contributed by atoms with van der Waals surface area (Å²) in [5.41, 5.74) is 1.53. The molecule has 0 bridgehead atoms. The second-order valence-electron chi connectivity index (χ2n) is 8.23. The summed E-state index contributed by atoms with van der Waals surface area (Å²) in [4.78, 5) is 30.4. The number of hydrogen-bond donors (Lipinski definition) is 1. The first-order valence-electron chi connectivity index (χ1n) is 11.3. The first-order chi connectivity index (χ1) is 17.4. The van der Waals surface area contributed by atoms with Gasteiger partial charge in [0.15, 0.2) is 18.1 Å². The van der Waals surface area contributed by atoms with Crippen molar-refractivity contribution >= 4 is 44.6 Å². The number of hydrogen-bond acceptors (Lipinski definition) is 6. The molecule has 3 aromatic carbocycles. The van der Waals surface area contributed by atoms with E-state index in [0.717, 1.165) is 4.47 Å². The minimum absolute atomic E-state index is 0.0504. The number of benzene rings is 3. The molecule has 1 heterocycles. The van der Waals surface area contributed by atoms with Gasteiger partial charge in [-0.2, -0.15) is 9.78 Å². The lowest BCUT2D eigenvalue weighted by molar-refractivity contribution is -0.118. The van der Waals surface area contributed by atoms with Crippen LogP contribution in [-0.2, 0) is 4.79 Å². The maximum absolute atomic E-state index is 13.3. The zero-order valence-electron chi connectivity index (χ0n) is 20.1. The van der Waals surface area contributed by atoms with Crippen molar-refractivity contribution < 1.29 is 14.3 Å². The van der Waals surface area contributed by atoms with Crippen LogP contribution in [0, 0.1) is 0 Å². The highest BCUT2D eigenvalue weighted by Gasteiger charge is 2.15. The maximum atomic E-state index is 13.3. The Morgan fingerprint density at radius 2 is 1.92 bits per heavy atom. The summed E-state index contributed by atoms with van der Waals surface area (Å²) >= 11 is 3.41. The van der Waals surface area contributed by atoms with E-state index in [0.29, 0.717) is 39.5 Å². The van der Waals surface area contributed by atoms with E-state index in [-0.39, 0.29) is 24.0 Å². The van der Waals surface area contributed by atoms with Gasteiger partial charge in [0.2, 0.25) is 0 Å². The van der Waals surface area contributed by atoms with Gasteiger partial charge in [0.05, 0.1) is 24.2 Å². The Hall–Kier alpha value is -3.98. The van der Waals surface area contributed by atoms with E-state index in [2.05, 4.69) is 31.3 Å². The smallest absolute Gasteiger partial charge is 0.282 e. The molecule has 0 radical (unpaired) electrons. The molecule has 9 heteroatoms. The molecule has 0 fully saturated rings. The highest BCUT2D eigenvalue weighted by Crippen LogP contribution is 2.30. The number of nitrogens with one attached hydrogen (secondary N) is 1. The van der Waals surface area contributed by atoms with E-state index in [4.69, 9.17) is 9.47 Å². The zero-order valence-corrected chi connectivity index (χ0v) is 21.7. The fourth-order valence-electron chi connectivity index (χ4n) is 3.58. The van der Waals surface area contributed by atoms with Gasteiger partial charge in [-0.3, -0.25) is 9.59 Å². The number of carbonyl (C=O) groups excluding carboxylic acids is 1. The standard InChI is InChI=1S/C27H25BrN4O4/c1-17(2)26-31-22-13-12-19(28)14-21(22)27(34)32(26)29-15-18-8-7-11-23(35-3)25(18)36-16-24(33)30-20-9-5-4-6-10-20/h4-15,17H,16H2,1-3H3,(H,30,33). The maximum Gasteiger partial charge on any atom is 0.282 e. The van der Waals surface area contributed by atoms with Crippen LogP contribution in [0.1, 0.15) is 31.2 Å². The van der Waals surface area contributed by atoms with Crippen LogP contribution in [0.3, 0.4) is 0 Å². The first-order valence-corrected chi connectivity index (χ1v) is 12.1. The molecular weight excluding hydrogens is 524 g/mol. The molecule has 4 rings (SSSR count). The number of carbonyl (C=O) groups is 1. The van der Waals surface area contributed by atoms with Gasteiger partial charge < -0.3 is 14.8 Å². The Morgan fingerprint density at radius 3 is 2.64 bits per heavy atom. The summed E-state index contributed by atoms with van der Waals surface area (Å²) in [7, 11) is 1.51. The summed E-state index contributed by atoms with van der Waals surface area (Å²) in [5, 5.41) is 7.70. The minimum Gasteiger partial charge on any atom is -0.493 e. The molecule has 1 amide bonds. The lowest BCUT2D eigenvalue weighted by Crippen LogP contribution is -2.23. The van der Waals surface area contributed by atoms with Crippen molar-refractivity contribution in [3.63, 3.8) is 0 Å². The highest BCUT2D eigenvalue weighted by atomic mass is 79.9. The lowest BCUT2D eigenvalue weighted by Gasteiger charge is -2.14. The molecule has 0 aliphatic carbocycles. The van der Waals surface area contributed by atoms with Crippen molar-refractivity contribution in [2.45, 2.75) is 19.8 Å². The summed E-state index contributed by atoms with van der Waals surface area (Å²) in [6.45, 7) is 3.66. The van der Waals surface area contributed by atoms with E-state index in [1.165, 1.54) is 18.0 Å². The third-order valence-electron chi connectivity index (χ3n) is 5.30. The molecule has 0 unspecified atom stereocenters. The molecule has 0 atom stereocenters. The molecule has 0 saturated heterocycles. The molecule has 0 saturated carbocycles. The summed E-state index contributed by atoms with van der Waals surface area (Å²) < 4.78 is 13.4. The predicted molar refractivity (Wildman–Crippen MR) is 144 cm³/mol. The van der Waals surface area contributed by atoms with Gasteiger partial charge in [-0.25, -0.2) is 4.98 Å². The van der Waals surface area contributed by atoms with Gasteiger partial charge in [0.25, 0.3) is 11.5 Å². The monoisotopic (exact) mass is 548 g/mol. The van der Waals surface area contributed by atoms with E-state index < -0.39 is 0 Å². The average molecular weight is 549 g/mol. The Kier molecular flexibility index (Phi) is 7.80. The largest absolute Gasteiger partial charge is 0.493 e. The molecule has 0 aliphatic rings. The van der Waals surface area contributed by atoms with Crippen LogP contribution in [0.4, 0.5) is 5.69 Å². The van der Waals surface area contributed by atoms with Crippen LogP contribution in [0.2, 0.25) is 0 Å². The number of para-hydroxylation sites is 2. The number of methoxy groups -OCH3 is 1. The summed E-state index contributed by atoms with van der Waals surface area (Å²) in [6, 6.07) is 19.8. The van der Waals surface area contributed by atoms with E-state index >= 15 is 0 Å². The molecule has 0 aliphatic heterocycles. The van der Waals surface area contributed by atoms with Gasteiger partial charge in [-0.05, 0) is 42.5 Å². The Bertz CT molecular complexity index is 1480. The second-order valence-corrected chi connectivity index (χ2v) is 9.14. The second kappa shape index (κ2) is 11.2.